The number of rotatable bonds is 9. The van der Waals surface area contributed by atoms with Crippen LogP contribution in [0.25, 0.3) is 0 Å². The monoisotopic (exact) mass is 488 g/mol. The molecule has 8 nitrogen and oxygen atoms in total. The molecule has 5 atom stereocenters. The third kappa shape index (κ3) is 3.56. The van der Waals surface area contributed by atoms with Gasteiger partial charge < -0.3 is 24.4 Å². The molecule has 182 valence electrons. The summed E-state index contributed by atoms with van der Waals surface area (Å²) < 4.78 is 11.8. The third-order valence-electron chi connectivity index (χ3n) is 7.17. The first-order chi connectivity index (χ1) is 16.3. The van der Waals surface area contributed by atoms with Crippen molar-refractivity contribution in [2.75, 3.05) is 31.2 Å². The van der Waals surface area contributed by atoms with Gasteiger partial charge in [0.2, 0.25) is 5.91 Å². The van der Waals surface area contributed by atoms with Crippen LogP contribution in [0.15, 0.2) is 49.6 Å². The Labute approximate surface area is 203 Å². The minimum Gasteiger partial charge on any atom is -0.461 e. The molecule has 0 aliphatic carbocycles. The van der Waals surface area contributed by atoms with E-state index in [1.54, 1.807) is 37.3 Å². The molecule has 4 rings (SSSR count). The molecule has 3 aliphatic rings. The fourth-order valence-electron chi connectivity index (χ4n) is 5.90. The van der Waals surface area contributed by atoms with E-state index in [1.165, 1.54) is 15.9 Å². The number of aliphatic hydroxyl groups excluding tert-OH is 1. The quantitative estimate of drug-likeness (QED) is 0.423. The number of carbonyl (C=O) groups is 3. The Balaban J connectivity index is 1.79. The first kappa shape index (κ1) is 24.4. The highest BCUT2D eigenvalue weighted by Gasteiger charge is 2.78. The van der Waals surface area contributed by atoms with Crippen molar-refractivity contribution < 1.29 is 29.0 Å². The second-order valence-electron chi connectivity index (χ2n) is 9.09. The lowest BCUT2D eigenvalue weighted by molar-refractivity contribution is -0.158. The number of hydrogen-bond donors (Lipinski definition) is 1. The normalized spacial score (nSPS) is 31.3. The van der Waals surface area contributed by atoms with E-state index in [4.69, 9.17) is 21.1 Å². The lowest BCUT2D eigenvalue weighted by Crippen LogP contribution is -2.57. The van der Waals surface area contributed by atoms with E-state index in [2.05, 4.69) is 13.2 Å². The van der Waals surface area contributed by atoms with Crippen molar-refractivity contribution in [2.24, 2.45) is 11.8 Å². The Hall–Kier alpha value is -2.68. The number of carbonyl (C=O) groups excluding carboxylic acids is 3. The van der Waals surface area contributed by atoms with Crippen LogP contribution in [0.4, 0.5) is 5.69 Å². The second-order valence-corrected chi connectivity index (χ2v) is 9.50. The van der Waals surface area contributed by atoms with Gasteiger partial charge in [-0.15, -0.1) is 6.58 Å². The zero-order valence-electron chi connectivity index (χ0n) is 19.1. The van der Waals surface area contributed by atoms with Crippen molar-refractivity contribution in [3.05, 3.63) is 54.6 Å². The number of amides is 2. The van der Waals surface area contributed by atoms with Crippen LogP contribution in [-0.4, -0.2) is 71.3 Å². The van der Waals surface area contributed by atoms with E-state index in [-0.39, 0.29) is 26.3 Å². The summed E-state index contributed by atoms with van der Waals surface area (Å²) in [7, 11) is 0. The van der Waals surface area contributed by atoms with Crippen LogP contribution in [0.2, 0.25) is 5.02 Å². The summed E-state index contributed by atoms with van der Waals surface area (Å²) in [6.07, 6.45) is 3.96. The van der Waals surface area contributed by atoms with Crippen molar-refractivity contribution >= 4 is 35.1 Å². The van der Waals surface area contributed by atoms with E-state index in [1.807, 2.05) is 0 Å². The molecule has 9 heteroatoms. The Morgan fingerprint density at radius 2 is 2.06 bits per heavy atom. The summed E-state index contributed by atoms with van der Waals surface area (Å²) in [5.41, 5.74) is -1.67. The van der Waals surface area contributed by atoms with E-state index in [9.17, 15) is 19.5 Å². The van der Waals surface area contributed by atoms with Crippen molar-refractivity contribution in [2.45, 2.75) is 37.0 Å². The van der Waals surface area contributed by atoms with E-state index in [0.29, 0.717) is 23.6 Å². The number of nitrogens with zero attached hydrogens (tertiary/aromatic N) is 2. The third-order valence-corrected chi connectivity index (χ3v) is 7.49. The Kier molecular flexibility index (Phi) is 6.59. The molecule has 3 aliphatic heterocycles. The molecular weight excluding hydrogens is 460 g/mol. The number of para-hydroxylation sites is 1. The molecule has 3 saturated heterocycles. The summed E-state index contributed by atoms with van der Waals surface area (Å²) in [6.45, 7) is 8.89. The van der Waals surface area contributed by atoms with E-state index >= 15 is 0 Å². The molecule has 1 aromatic carbocycles. The summed E-state index contributed by atoms with van der Waals surface area (Å²) in [6, 6.07) is 5.89. The van der Waals surface area contributed by atoms with Crippen molar-refractivity contribution in [1.82, 2.24) is 4.90 Å². The molecular formula is C25H29ClN2O6. The number of benzene rings is 1. The van der Waals surface area contributed by atoms with Gasteiger partial charge in [-0.25, -0.2) is 0 Å². The Morgan fingerprint density at radius 1 is 1.32 bits per heavy atom. The molecule has 0 radical (unpaired) electrons. The standard InChI is InChI=1S/C25H29ClN2O6/c1-4-12-27(17-9-7-6-8-16(17)26)22(31)20-25-11-10-24(3,34-25)19(23(32)33-15-5-2)18(25)21(30)28(20)13-14-29/h4-9,18-20,29H,1-2,10-15H2,3H3/t18-,19+,20?,24-,25?/m0/s1. The number of halogens is 1. The predicted octanol–water partition coefficient (Wildman–Crippen LogP) is 2.35. The summed E-state index contributed by atoms with van der Waals surface area (Å²) in [4.78, 5) is 43.7. The number of ether oxygens (including phenoxy) is 2. The van der Waals surface area contributed by atoms with Gasteiger partial charge in [-0.3, -0.25) is 14.4 Å². The van der Waals surface area contributed by atoms with Crippen LogP contribution < -0.4 is 4.90 Å². The summed E-state index contributed by atoms with van der Waals surface area (Å²) >= 11 is 6.41. The predicted molar refractivity (Wildman–Crippen MR) is 126 cm³/mol. The van der Waals surface area contributed by atoms with Crippen LogP contribution in [-0.2, 0) is 23.9 Å². The van der Waals surface area contributed by atoms with Crippen molar-refractivity contribution in [1.29, 1.82) is 0 Å². The number of likely N-dealkylation sites (tertiary alicyclic amines) is 1. The van der Waals surface area contributed by atoms with Crippen LogP contribution >= 0.6 is 11.6 Å². The minimum atomic E-state index is -1.21. The molecule has 2 unspecified atom stereocenters. The van der Waals surface area contributed by atoms with Gasteiger partial charge in [0, 0.05) is 13.1 Å². The number of aliphatic hydroxyl groups is 1. The second kappa shape index (κ2) is 9.17. The van der Waals surface area contributed by atoms with Gasteiger partial charge in [0.15, 0.2) is 0 Å². The molecule has 0 aromatic heterocycles. The van der Waals surface area contributed by atoms with E-state index in [0.717, 1.165) is 0 Å². The largest absolute Gasteiger partial charge is 0.461 e. The molecule has 2 amide bonds. The molecule has 34 heavy (non-hydrogen) atoms. The number of fused-ring (bicyclic) bond motifs is 1. The number of β-amino-alcohol motifs (C(OH)–C–C–N with tert-alkyl or cyclic N) is 1. The van der Waals surface area contributed by atoms with Crippen LogP contribution in [0, 0.1) is 11.8 Å². The maximum atomic E-state index is 14.1. The van der Waals surface area contributed by atoms with Crippen LogP contribution in [0.5, 0.6) is 0 Å². The van der Waals surface area contributed by atoms with Gasteiger partial charge in [-0.05, 0) is 31.9 Å². The minimum absolute atomic E-state index is 0.0155. The first-order valence-electron chi connectivity index (χ1n) is 11.3. The lowest BCUT2D eigenvalue weighted by atomic mass is 9.66. The van der Waals surface area contributed by atoms with Crippen LogP contribution in [0.1, 0.15) is 19.8 Å². The zero-order valence-corrected chi connectivity index (χ0v) is 19.9. The molecule has 1 N–H and O–H groups in total. The van der Waals surface area contributed by atoms with Gasteiger partial charge >= 0.3 is 5.97 Å². The number of anilines is 1. The SMILES string of the molecule is C=CCOC(=O)[C@H]1[C@H]2C(=O)N(CCO)C(C(=O)N(CC=C)c3ccccc3Cl)C23CC[C@]1(C)O3. The van der Waals surface area contributed by atoms with Gasteiger partial charge in [-0.1, -0.05) is 42.5 Å². The Bertz CT molecular complexity index is 1030. The number of hydrogen-bond acceptors (Lipinski definition) is 6. The fourth-order valence-corrected chi connectivity index (χ4v) is 6.13. The fraction of sp³-hybridized carbons (Fsp3) is 0.480. The van der Waals surface area contributed by atoms with Crippen molar-refractivity contribution in [3.63, 3.8) is 0 Å². The molecule has 2 bridgehead atoms. The average molecular weight is 489 g/mol. The Morgan fingerprint density at radius 3 is 2.71 bits per heavy atom. The molecule has 3 fully saturated rings. The highest BCUT2D eigenvalue weighted by molar-refractivity contribution is 6.34. The zero-order chi connectivity index (χ0) is 24.7. The smallest absolute Gasteiger partial charge is 0.313 e. The highest BCUT2D eigenvalue weighted by Crippen LogP contribution is 2.63. The topological polar surface area (TPSA) is 96.4 Å². The van der Waals surface area contributed by atoms with Gasteiger partial charge in [-0.2, -0.15) is 0 Å². The highest BCUT2D eigenvalue weighted by atomic mass is 35.5. The molecule has 1 spiro atoms. The maximum absolute atomic E-state index is 14.1. The summed E-state index contributed by atoms with van der Waals surface area (Å²) in [5.74, 6) is -3.09. The molecule has 1 aromatic rings. The van der Waals surface area contributed by atoms with E-state index < -0.39 is 46.9 Å². The van der Waals surface area contributed by atoms with Gasteiger partial charge in [0.25, 0.3) is 5.91 Å². The van der Waals surface area contributed by atoms with Gasteiger partial charge in [0.1, 0.15) is 24.2 Å². The number of esters is 1. The van der Waals surface area contributed by atoms with Gasteiger partial charge in [0.05, 0.1) is 28.8 Å². The average Bonchev–Trinajstić information content (AvgIpc) is 3.37. The molecule has 3 heterocycles. The van der Waals surface area contributed by atoms with Crippen LogP contribution in [0.3, 0.4) is 0 Å². The van der Waals surface area contributed by atoms with Crippen molar-refractivity contribution in [3.8, 4) is 0 Å². The first-order valence-corrected chi connectivity index (χ1v) is 11.7. The molecule has 0 saturated carbocycles. The lowest BCUT2D eigenvalue weighted by Gasteiger charge is -2.36. The summed E-state index contributed by atoms with van der Waals surface area (Å²) in [5, 5.41) is 10.1. The maximum Gasteiger partial charge on any atom is 0.313 e.